The minimum Gasteiger partial charge on any atom is -0.353 e. The number of carbonyl (C=O) groups excluding carboxylic acids is 1. The van der Waals surface area contributed by atoms with Crippen LogP contribution in [0.3, 0.4) is 0 Å². The fraction of sp³-hybridized carbons (Fsp3) is 0.923. The van der Waals surface area contributed by atoms with E-state index in [0.29, 0.717) is 0 Å². The topological polar surface area (TPSA) is 58.4 Å². The quantitative estimate of drug-likeness (QED) is 0.745. The van der Waals surface area contributed by atoms with E-state index in [0.717, 1.165) is 44.3 Å². The van der Waals surface area contributed by atoms with Gasteiger partial charge in [0.15, 0.2) is 0 Å². The Morgan fingerprint density at radius 1 is 1.47 bits per heavy atom. The van der Waals surface area contributed by atoms with E-state index in [2.05, 4.69) is 17.1 Å². The van der Waals surface area contributed by atoms with Gasteiger partial charge in [0, 0.05) is 13.1 Å². The van der Waals surface area contributed by atoms with Crippen molar-refractivity contribution in [2.45, 2.75) is 32.2 Å². The van der Waals surface area contributed by atoms with E-state index in [1.807, 2.05) is 6.26 Å². The fourth-order valence-corrected chi connectivity index (χ4v) is 2.62. The lowest BCUT2D eigenvalue weighted by Gasteiger charge is -2.30. The molecular formula is C13H28ClN3OS. The van der Waals surface area contributed by atoms with Crippen LogP contribution in [0, 0.1) is 5.92 Å². The predicted octanol–water partition coefficient (Wildman–Crippen LogP) is 1.34. The highest BCUT2D eigenvalue weighted by Crippen LogP contribution is 2.15. The summed E-state index contributed by atoms with van der Waals surface area (Å²) < 4.78 is 0. The van der Waals surface area contributed by atoms with Gasteiger partial charge in [-0.05, 0) is 50.3 Å². The fourth-order valence-electron chi connectivity index (χ4n) is 2.13. The molecule has 0 unspecified atom stereocenters. The van der Waals surface area contributed by atoms with Gasteiger partial charge in [0.25, 0.3) is 0 Å². The van der Waals surface area contributed by atoms with Crippen molar-refractivity contribution >= 4 is 30.1 Å². The van der Waals surface area contributed by atoms with Gasteiger partial charge >= 0.3 is 0 Å². The van der Waals surface area contributed by atoms with E-state index in [9.17, 15) is 4.79 Å². The number of hydrogen-bond donors (Lipinski definition) is 2. The van der Waals surface area contributed by atoms with Crippen LogP contribution >= 0.6 is 24.2 Å². The number of carbonyl (C=O) groups is 1. The van der Waals surface area contributed by atoms with E-state index in [1.54, 1.807) is 11.8 Å². The minimum atomic E-state index is -0.348. The van der Waals surface area contributed by atoms with Crippen LogP contribution in [0.15, 0.2) is 0 Å². The van der Waals surface area contributed by atoms with Crippen molar-refractivity contribution in [3.8, 4) is 0 Å². The predicted molar refractivity (Wildman–Crippen MR) is 86.1 cm³/mol. The molecule has 4 nitrogen and oxygen atoms in total. The van der Waals surface area contributed by atoms with Crippen LogP contribution in [0.4, 0.5) is 0 Å². The summed E-state index contributed by atoms with van der Waals surface area (Å²) in [6.45, 7) is 6.31. The molecule has 1 aliphatic heterocycles. The second-order valence-corrected chi connectivity index (χ2v) is 6.19. The van der Waals surface area contributed by atoms with E-state index in [1.165, 1.54) is 12.8 Å². The molecule has 0 saturated carbocycles. The zero-order valence-corrected chi connectivity index (χ0v) is 13.7. The molecule has 1 fully saturated rings. The average Bonchev–Trinajstić information content (AvgIpc) is 2.38. The Balaban J connectivity index is 0.00000324. The van der Waals surface area contributed by atoms with Crippen molar-refractivity contribution in [2.24, 2.45) is 11.7 Å². The van der Waals surface area contributed by atoms with Crippen LogP contribution in [-0.4, -0.2) is 55.0 Å². The first-order valence-corrected chi connectivity index (χ1v) is 8.27. The highest BCUT2D eigenvalue weighted by molar-refractivity contribution is 7.98. The molecule has 0 aromatic carbocycles. The highest BCUT2D eigenvalue weighted by atomic mass is 35.5. The van der Waals surface area contributed by atoms with Crippen molar-refractivity contribution in [3.63, 3.8) is 0 Å². The molecule has 0 aliphatic carbocycles. The monoisotopic (exact) mass is 309 g/mol. The van der Waals surface area contributed by atoms with E-state index < -0.39 is 0 Å². The lowest BCUT2D eigenvalue weighted by atomic mass is 9.99. The molecule has 0 aromatic heterocycles. The summed E-state index contributed by atoms with van der Waals surface area (Å²) in [5, 5.41) is 2.93. The molecule has 1 amide bonds. The maximum Gasteiger partial charge on any atom is 0.236 e. The Bertz CT molecular complexity index is 248. The summed E-state index contributed by atoms with van der Waals surface area (Å²) in [6.07, 6.45) is 5.35. The normalized spacial score (nSPS) is 18.7. The molecule has 19 heavy (non-hydrogen) atoms. The number of likely N-dealkylation sites (tertiary alicyclic amines) is 1. The highest BCUT2D eigenvalue weighted by Gasteiger charge is 2.16. The average molecular weight is 310 g/mol. The van der Waals surface area contributed by atoms with E-state index in [-0.39, 0.29) is 24.4 Å². The third-order valence-corrected chi connectivity index (χ3v) is 4.22. The number of nitrogens with two attached hydrogens (primary N) is 1. The van der Waals surface area contributed by atoms with Gasteiger partial charge < -0.3 is 16.0 Å². The van der Waals surface area contributed by atoms with E-state index in [4.69, 9.17) is 5.73 Å². The molecule has 1 heterocycles. The second-order valence-electron chi connectivity index (χ2n) is 5.20. The molecule has 6 heteroatoms. The molecular weight excluding hydrogens is 282 g/mol. The smallest absolute Gasteiger partial charge is 0.236 e. The van der Waals surface area contributed by atoms with Gasteiger partial charge in [0.2, 0.25) is 5.91 Å². The number of halogens is 1. The van der Waals surface area contributed by atoms with Crippen molar-refractivity contribution in [1.82, 2.24) is 10.2 Å². The van der Waals surface area contributed by atoms with Gasteiger partial charge in [-0.15, -0.1) is 12.4 Å². The summed E-state index contributed by atoms with van der Waals surface area (Å²) >= 11 is 1.73. The summed E-state index contributed by atoms with van der Waals surface area (Å²) in [5.74, 6) is 1.80. The summed E-state index contributed by atoms with van der Waals surface area (Å²) in [4.78, 5) is 14.1. The lowest BCUT2D eigenvalue weighted by molar-refractivity contribution is -0.122. The first kappa shape index (κ1) is 19.0. The summed E-state index contributed by atoms with van der Waals surface area (Å²) in [7, 11) is 0. The standard InChI is InChI=1S/C13H27N3OS.ClH/c1-11-3-7-16(8-4-11)9-6-15-13(17)12(14)5-10-18-2;/h11-12H,3-10,14H2,1-2H3,(H,15,17);1H/t12-;/m0./s1. The summed E-state index contributed by atoms with van der Waals surface area (Å²) in [6, 6.07) is -0.348. The number of thioether (sulfide) groups is 1. The molecule has 3 N–H and O–H groups in total. The third-order valence-electron chi connectivity index (χ3n) is 3.57. The zero-order chi connectivity index (χ0) is 13.4. The molecule has 1 aliphatic rings. The van der Waals surface area contributed by atoms with Gasteiger partial charge in [-0.1, -0.05) is 6.92 Å². The van der Waals surface area contributed by atoms with E-state index >= 15 is 0 Å². The molecule has 0 radical (unpaired) electrons. The number of nitrogens with one attached hydrogen (secondary N) is 1. The van der Waals surface area contributed by atoms with Crippen LogP contribution in [0.25, 0.3) is 0 Å². The van der Waals surface area contributed by atoms with Crippen LogP contribution in [0.2, 0.25) is 0 Å². The molecule has 1 rings (SSSR count). The Morgan fingerprint density at radius 2 is 2.11 bits per heavy atom. The largest absolute Gasteiger partial charge is 0.353 e. The van der Waals surface area contributed by atoms with Gasteiger partial charge in [-0.3, -0.25) is 4.79 Å². The Labute approximate surface area is 127 Å². The van der Waals surface area contributed by atoms with Gasteiger partial charge in [0.1, 0.15) is 0 Å². The maximum atomic E-state index is 11.7. The number of piperidine rings is 1. The zero-order valence-electron chi connectivity index (χ0n) is 12.1. The van der Waals surface area contributed by atoms with Crippen molar-refractivity contribution in [2.75, 3.05) is 38.2 Å². The van der Waals surface area contributed by atoms with Crippen molar-refractivity contribution in [3.05, 3.63) is 0 Å². The lowest BCUT2D eigenvalue weighted by Crippen LogP contribution is -2.45. The van der Waals surface area contributed by atoms with Crippen molar-refractivity contribution in [1.29, 1.82) is 0 Å². The number of amides is 1. The minimum absolute atomic E-state index is 0. The van der Waals surface area contributed by atoms with Gasteiger partial charge in [-0.2, -0.15) is 11.8 Å². The Hall–Kier alpha value is 0.0300. The second kappa shape index (κ2) is 10.8. The number of rotatable bonds is 7. The Morgan fingerprint density at radius 3 is 2.68 bits per heavy atom. The summed E-state index contributed by atoms with van der Waals surface area (Å²) in [5.41, 5.74) is 5.80. The molecule has 1 saturated heterocycles. The molecule has 0 aromatic rings. The first-order valence-electron chi connectivity index (χ1n) is 6.88. The number of hydrogen-bond acceptors (Lipinski definition) is 4. The molecule has 0 spiro atoms. The van der Waals surface area contributed by atoms with Gasteiger partial charge in [0.05, 0.1) is 6.04 Å². The van der Waals surface area contributed by atoms with Crippen LogP contribution in [-0.2, 0) is 4.79 Å². The number of nitrogens with zero attached hydrogens (tertiary/aromatic N) is 1. The Kier molecular flexibility index (Phi) is 10.8. The molecule has 1 atom stereocenters. The molecule has 0 bridgehead atoms. The van der Waals surface area contributed by atoms with Crippen molar-refractivity contribution < 1.29 is 4.79 Å². The maximum absolute atomic E-state index is 11.7. The third kappa shape index (κ3) is 8.02. The van der Waals surface area contributed by atoms with Gasteiger partial charge in [-0.25, -0.2) is 0 Å². The first-order chi connectivity index (χ1) is 8.63. The van der Waals surface area contributed by atoms with Crippen LogP contribution < -0.4 is 11.1 Å². The van der Waals surface area contributed by atoms with Crippen LogP contribution in [0.5, 0.6) is 0 Å². The SMILES string of the molecule is CSCC[C@H](N)C(=O)NCCN1CCC(C)CC1.Cl. The van der Waals surface area contributed by atoms with Crippen LogP contribution in [0.1, 0.15) is 26.2 Å². The molecule has 114 valence electrons.